The molecule has 0 aromatic heterocycles. The van der Waals surface area contributed by atoms with Gasteiger partial charge in [0.15, 0.2) is 0 Å². The van der Waals surface area contributed by atoms with E-state index in [9.17, 15) is 9.59 Å². The van der Waals surface area contributed by atoms with Gasteiger partial charge in [0.25, 0.3) is 0 Å². The van der Waals surface area contributed by atoms with Crippen LogP contribution in [0, 0.1) is 38.5 Å². The molecule has 0 aromatic rings. The van der Waals surface area contributed by atoms with E-state index in [4.69, 9.17) is 9.99 Å². The molecule has 2 radical (unpaired) electrons. The number of hydrogen-bond acceptors (Lipinski definition) is 8. The van der Waals surface area contributed by atoms with Crippen molar-refractivity contribution in [2.75, 3.05) is 34.5 Å². The van der Waals surface area contributed by atoms with E-state index in [0.29, 0.717) is 13.2 Å². The Morgan fingerprint density at radius 3 is 1.55 bits per heavy atom. The van der Waals surface area contributed by atoms with Gasteiger partial charge in [0.2, 0.25) is 5.91 Å². The maximum absolute atomic E-state index is 11.2. The summed E-state index contributed by atoms with van der Waals surface area (Å²) in [6, 6.07) is 0. The predicted octanol–water partition coefficient (Wildman–Crippen LogP) is 3.90. The number of carboxylic acid groups (broad SMARTS) is 1. The van der Waals surface area contributed by atoms with Crippen molar-refractivity contribution in [2.24, 2.45) is 34.6 Å². The fraction of sp³-hybridized carbons (Fsp3) is 0.722. The summed E-state index contributed by atoms with van der Waals surface area (Å²) in [4.78, 5) is 39.8. The van der Waals surface area contributed by atoms with E-state index in [0.717, 1.165) is 0 Å². The molecule has 11 nitrogen and oxygen atoms in total. The minimum absolute atomic E-state index is 0. The molecule has 0 heterocycles. The molecule has 0 aliphatic rings. The molecule has 0 rings (SSSR count). The Kier molecular flexibility index (Phi) is 73.7. The Balaban J connectivity index is -0.0000000481. The second kappa shape index (κ2) is 43.9. The zero-order valence-electron chi connectivity index (χ0n) is 21.1. The van der Waals surface area contributed by atoms with Gasteiger partial charge in [-0.25, -0.2) is 19.6 Å². The molecule has 1 amide bonds. The van der Waals surface area contributed by atoms with Crippen molar-refractivity contribution >= 4 is 55.8 Å². The number of halogens is 2. The molecular weight excluding hydrogens is 816 g/mol. The normalized spacial score (nSPS) is 11.8. The van der Waals surface area contributed by atoms with Crippen molar-refractivity contribution in [3.05, 3.63) is 20.3 Å². The summed E-state index contributed by atoms with van der Waals surface area (Å²) < 4.78 is 0. The maximum Gasteiger partial charge on any atom is 0.306 e. The van der Waals surface area contributed by atoms with Crippen LogP contribution in [0.4, 0.5) is 0 Å². The van der Waals surface area contributed by atoms with Crippen LogP contribution in [0.2, 0.25) is 0 Å². The van der Waals surface area contributed by atoms with E-state index in [1.54, 1.807) is 13.8 Å². The number of carbonyl (C=O) groups is 2. The van der Waals surface area contributed by atoms with Gasteiger partial charge in [0.1, 0.15) is 0 Å². The van der Waals surface area contributed by atoms with Gasteiger partial charge in [-0.05, 0) is 11.8 Å². The van der Waals surface area contributed by atoms with Gasteiger partial charge >= 0.3 is 5.97 Å². The average Bonchev–Trinajstić information content (AvgIpc) is 2.71. The monoisotopic (exact) mass is 856 g/mol. The summed E-state index contributed by atoms with van der Waals surface area (Å²) in [6.45, 7) is 12.1. The van der Waals surface area contributed by atoms with Crippen molar-refractivity contribution in [3.63, 3.8) is 0 Å². The molecule has 0 fully saturated rings. The minimum Gasteiger partial charge on any atom is -0.571 e. The number of hydrogen-bond donors (Lipinski definition) is 3. The summed E-state index contributed by atoms with van der Waals surface area (Å²) in [7, 11) is 4.37. The van der Waals surface area contributed by atoms with Crippen molar-refractivity contribution in [1.29, 1.82) is 0 Å². The SMILES string of the molecule is COOC[C@@H](C)[C@@H](C)C(=O)O.C[N-]NC(=O)[C@H](C)[C@H](C)COOC.II.[CH-]=NN.[CH3-].[CH3-].[Y].[Y]. The Bertz CT molecular complexity index is 409. The molecule has 0 aromatic carbocycles. The van der Waals surface area contributed by atoms with Gasteiger partial charge < -0.3 is 48.5 Å². The number of aliphatic carboxylic acids is 1. The third kappa shape index (κ3) is 41.3. The van der Waals surface area contributed by atoms with E-state index >= 15 is 0 Å². The number of nitrogens with one attached hydrogen (secondary N) is 1. The first kappa shape index (κ1) is 55.4. The standard InChI is InChI=1S/C8H17N2O3.C7H14O4.CH3N2.2CH3.I2.2Y/c1-6(5-13-12-4)7(2)8(11)10-9-3;1-5(4-11-10-3)6(2)7(8)9;1-3-2;;;1-2;;/h6-7H,5H2,1-4H3,(H,10,11);5-6H,4H2,1-3H3,(H,8,9);1H,2H2;2*1H3;;;/q-1;;3*-1;;;/t6-,7-;5-,6-;;;;;;/m11....../s1. The van der Waals surface area contributed by atoms with Crippen LogP contribution in [-0.2, 0) is 94.6 Å². The summed E-state index contributed by atoms with van der Waals surface area (Å²) in [5.41, 5.74) is 5.94. The number of amides is 1. The number of carboxylic acids is 1. The van der Waals surface area contributed by atoms with Crippen molar-refractivity contribution in [1.82, 2.24) is 5.43 Å². The van der Waals surface area contributed by atoms with Crippen molar-refractivity contribution in [2.45, 2.75) is 27.7 Å². The quantitative estimate of drug-likeness (QED) is 0.0707. The van der Waals surface area contributed by atoms with Crippen LogP contribution < -0.4 is 11.3 Å². The van der Waals surface area contributed by atoms with Crippen molar-refractivity contribution in [3.8, 4) is 0 Å². The van der Waals surface area contributed by atoms with Gasteiger partial charge in [-0.1, -0.05) is 27.7 Å². The summed E-state index contributed by atoms with van der Waals surface area (Å²) in [6.07, 6.45) is 0. The number of nitrogens with zero attached hydrogens (tertiary/aromatic N) is 2. The van der Waals surface area contributed by atoms with Gasteiger partial charge in [-0.15, -0.1) is 7.05 Å². The molecule has 0 aliphatic heterocycles. The molecule has 0 bridgehead atoms. The third-order valence-corrected chi connectivity index (χ3v) is 3.63. The van der Waals surface area contributed by atoms with Crippen LogP contribution in [0.5, 0.6) is 0 Å². The first-order chi connectivity index (χ1) is 13.6. The van der Waals surface area contributed by atoms with Crippen LogP contribution in [-0.4, -0.2) is 58.2 Å². The first-order valence-electron chi connectivity index (χ1n) is 8.31. The molecule has 0 saturated carbocycles. The summed E-state index contributed by atoms with van der Waals surface area (Å²) in [5.74, 6) is 2.87. The van der Waals surface area contributed by atoms with Gasteiger partial charge in [0.05, 0.1) is 33.4 Å². The van der Waals surface area contributed by atoms with Crippen LogP contribution in [0.25, 0.3) is 5.43 Å². The zero-order valence-corrected chi connectivity index (χ0v) is 31.1. The molecule has 0 spiro atoms. The predicted molar refractivity (Wildman–Crippen MR) is 141 cm³/mol. The number of carbonyl (C=O) groups excluding carboxylic acids is 1. The molecule has 0 aliphatic carbocycles. The largest absolute Gasteiger partial charge is 0.571 e. The van der Waals surface area contributed by atoms with Crippen LogP contribution in [0.15, 0.2) is 5.10 Å². The molecule has 4 N–H and O–H groups in total. The average molecular weight is 856 g/mol. The Morgan fingerprint density at radius 2 is 1.30 bits per heavy atom. The molecule has 15 heteroatoms. The van der Waals surface area contributed by atoms with E-state index in [1.807, 2.05) is 13.8 Å². The van der Waals surface area contributed by atoms with Gasteiger partial charge in [-0.3, -0.25) is 9.59 Å². The van der Waals surface area contributed by atoms with Gasteiger partial charge in [0, 0.05) is 109 Å². The van der Waals surface area contributed by atoms with E-state index in [1.165, 1.54) is 21.3 Å². The molecule has 4 atom stereocenters. The Labute approximate surface area is 274 Å². The Morgan fingerprint density at radius 1 is 1.00 bits per heavy atom. The van der Waals surface area contributed by atoms with Crippen molar-refractivity contribution < 1.29 is 99.7 Å². The molecule has 33 heavy (non-hydrogen) atoms. The molecule has 198 valence electrons. The zero-order chi connectivity index (χ0) is 23.8. The van der Waals surface area contributed by atoms with E-state index in [-0.39, 0.29) is 104 Å². The number of nitrogens with two attached hydrogens (primary N) is 1. The third-order valence-electron chi connectivity index (χ3n) is 3.63. The van der Waals surface area contributed by atoms with Crippen LogP contribution >= 0.6 is 37.2 Å². The van der Waals surface area contributed by atoms with E-state index < -0.39 is 11.9 Å². The maximum atomic E-state index is 11.2. The minimum atomic E-state index is -0.808. The topological polar surface area (TPSA) is 156 Å². The Hall–Kier alpha value is 1.88. The van der Waals surface area contributed by atoms with Crippen LogP contribution in [0.3, 0.4) is 0 Å². The van der Waals surface area contributed by atoms with Gasteiger partial charge in [-0.2, -0.15) is 0 Å². The fourth-order valence-electron chi connectivity index (χ4n) is 1.35. The second-order valence-corrected chi connectivity index (χ2v) is 5.62. The second-order valence-electron chi connectivity index (χ2n) is 5.62. The molecule has 0 unspecified atom stereocenters. The number of hydrazone groups is 1. The first-order valence-corrected chi connectivity index (χ1v) is 14.6. The summed E-state index contributed by atoms with van der Waals surface area (Å²) >= 11 is 4.24. The van der Waals surface area contributed by atoms with E-state index in [2.05, 4.69) is 80.4 Å². The van der Waals surface area contributed by atoms with Crippen LogP contribution in [0.1, 0.15) is 27.7 Å². The molecular formula is C18H40I2N4O7Y2-4. The molecule has 0 saturated heterocycles. The fourth-order valence-corrected chi connectivity index (χ4v) is 1.35. The number of rotatable bonds is 11. The summed E-state index contributed by atoms with van der Waals surface area (Å²) in [5, 5.41) is 11.1. The smallest absolute Gasteiger partial charge is 0.306 e.